The van der Waals surface area contributed by atoms with Crippen molar-refractivity contribution >= 4 is 17.7 Å². The molecule has 0 bridgehead atoms. The van der Waals surface area contributed by atoms with Crippen LogP contribution in [0.2, 0.25) is 0 Å². The average Bonchev–Trinajstić information content (AvgIpc) is 2.46. The van der Waals surface area contributed by atoms with E-state index >= 15 is 0 Å². The van der Waals surface area contributed by atoms with Crippen molar-refractivity contribution < 1.29 is 19.5 Å². The Labute approximate surface area is 129 Å². The summed E-state index contributed by atoms with van der Waals surface area (Å²) in [6.07, 6.45) is 2.31. The van der Waals surface area contributed by atoms with Gasteiger partial charge in [-0.1, -0.05) is 24.3 Å². The standard InChI is InChI=1S/C16H20N2O4/c1-11(19)7-8-15(20)18-14(16(21)22)9-12-5-3-4-6-13(12)10-17-2/h3-8,14,17H,9-10H2,1-2H3,(H,18,20)(H,21,22)/b8-7+/t14-/m0/s1. The molecule has 0 unspecified atom stereocenters. The average molecular weight is 304 g/mol. The van der Waals surface area contributed by atoms with Crippen LogP contribution in [0.1, 0.15) is 18.1 Å². The number of carbonyl (C=O) groups excluding carboxylic acids is 2. The van der Waals surface area contributed by atoms with Crippen molar-refractivity contribution in [3.05, 3.63) is 47.5 Å². The molecule has 1 rings (SSSR count). The van der Waals surface area contributed by atoms with Crippen molar-refractivity contribution in [2.75, 3.05) is 7.05 Å². The van der Waals surface area contributed by atoms with Crippen molar-refractivity contribution in [3.8, 4) is 0 Å². The Morgan fingerprint density at radius 3 is 2.36 bits per heavy atom. The molecular weight excluding hydrogens is 284 g/mol. The molecule has 0 saturated heterocycles. The van der Waals surface area contributed by atoms with Crippen LogP contribution >= 0.6 is 0 Å². The summed E-state index contributed by atoms with van der Waals surface area (Å²) in [4.78, 5) is 33.7. The van der Waals surface area contributed by atoms with Gasteiger partial charge in [-0.15, -0.1) is 0 Å². The van der Waals surface area contributed by atoms with Gasteiger partial charge >= 0.3 is 5.97 Å². The van der Waals surface area contributed by atoms with E-state index in [2.05, 4.69) is 10.6 Å². The minimum Gasteiger partial charge on any atom is -0.480 e. The van der Waals surface area contributed by atoms with E-state index in [1.807, 2.05) is 24.3 Å². The molecule has 22 heavy (non-hydrogen) atoms. The van der Waals surface area contributed by atoms with Crippen molar-refractivity contribution in [1.82, 2.24) is 10.6 Å². The predicted octanol–water partition coefficient (Wildman–Crippen LogP) is 0.663. The van der Waals surface area contributed by atoms with Crippen LogP contribution in [0.3, 0.4) is 0 Å². The van der Waals surface area contributed by atoms with E-state index in [1.165, 1.54) is 6.92 Å². The highest BCUT2D eigenvalue weighted by molar-refractivity contribution is 5.97. The zero-order valence-corrected chi connectivity index (χ0v) is 12.6. The number of rotatable bonds is 8. The van der Waals surface area contributed by atoms with E-state index in [1.54, 1.807) is 7.05 Å². The van der Waals surface area contributed by atoms with Gasteiger partial charge in [-0.2, -0.15) is 0 Å². The number of benzene rings is 1. The quantitative estimate of drug-likeness (QED) is 0.613. The molecule has 0 saturated carbocycles. The molecule has 0 aliphatic rings. The van der Waals surface area contributed by atoms with Crippen LogP contribution in [0.4, 0.5) is 0 Å². The Hall–Kier alpha value is -2.47. The molecule has 0 aliphatic heterocycles. The summed E-state index contributed by atoms with van der Waals surface area (Å²) in [5.74, 6) is -2.00. The van der Waals surface area contributed by atoms with E-state index in [4.69, 9.17) is 0 Å². The highest BCUT2D eigenvalue weighted by Crippen LogP contribution is 2.11. The van der Waals surface area contributed by atoms with E-state index in [0.717, 1.165) is 23.3 Å². The van der Waals surface area contributed by atoms with Gasteiger partial charge in [0.05, 0.1) is 0 Å². The van der Waals surface area contributed by atoms with E-state index in [-0.39, 0.29) is 12.2 Å². The molecule has 1 aromatic rings. The topological polar surface area (TPSA) is 95.5 Å². The molecule has 6 nitrogen and oxygen atoms in total. The molecule has 0 radical (unpaired) electrons. The first kappa shape index (κ1) is 17.6. The predicted molar refractivity (Wildman–Crippen MR) is 82.3 cm³/mol. The van der Waals surface area contributed by atoms with Gasteiger partial charge in [0.25, 0.3) is 0 Å². The molecule has 0 aliphatic carbocycles. The number of ketones is 1. The molecule has 1 amide bonds. The normalized spacial score (nSPS) is 12.1. The van der Waals surface area contributed by atoms with Gasteiger partial charge in [0.15, 0.2) is 5.78 Å². The Morgan fingerprint density at radius 2 is 1.82 bits per heavy atom. The van der Waals surface area contributed by atoms with Gasteiger partial charge in [0.2, 0.25) is 5.91 Å². The second-order valence-electron chi connectivity index (χ2n) is 4.85. The zero-order chi connectivity index (χ0) is 16.5. The summed E-state index contributed by atoms with van der Waals surface area (Å²) >= 11 is 0. The van der Waals surface area contributed by atoms with Gasteiger partial charge in [-0.3, -0.25) is 9.59 Å². The Kier molecular flexibility index (Phi) is 6.98. The summed E-state index contributed by atoms with van der Waals surface area (Å²) < 4.78 is 0. The summed E-state index contributed by atoms with van der Waals surface area (Å²) in [7, 11) is 1.81. The maximum atomic E-state index is 11.6. The highest BCUT2D eigenvalue weighted by atomic mass is 16.4. The molecule has 1 aromatic carbocycles. The van der Waals surface area contributed by atoms with Crippen molar-refractivity contribution in [2.24, 2.45) is 0 Å². The van der Waals surface area contributed by atoms with E-state index in [9.17, 15) is 19.5 Å². The second-order valence-corrected chi connectivity index (χ2v) is 4.85. The van der Waals surface area contributed by atoms with Crippen LogP contribution in [0.15, 0.2) is 36.4 Å². The monoisotopic (exact) mass is 304 g/mol. The zero-order valence-electron chi connectivity index (χ0n) is 12.6. The largest absolute Gasteiger partial charge is 0.480 e. The van der Waals surface area contributed by atoms with Crippen LogP contribution < -0.4 is 10.6 Å². The van der Waals surface area contributed by atoms with E-state index < -0.39 is 17.9 Å². The Balaban J connectivity index is 2.83. The lowest BCUT2D eigenvalue weighted by Gasteiger charge is -2.16. The third kappa shape index (κ3) is 5.88. The third-order valence-electron chi connectivity index (χ3n) is 2.99. The molecule has 0 spiro atoms. The molecule has 1 atom stereocenters. The summed E-state index contributed by atoms with van der Waals surface area (Å²) in [6, 6.07) is 6.38. The first-order valence-corrected chi connectivity index (χ1v) is 6.87. The lowest BCUT2D eigenvalue weighted by molar-refractivity contribution is -0.141. The maximum Gasteiger partial charge on any atom is 0.326 e. The van der Waals surface area contributed by atoms with Crippen LogP contribution in [-0.4, -0.2) is 35.9 Å². The lowest BCUT2D eigenvalue weighted by atomic mass is 10.00. The minimum absolute atomic E-state index is 0.173. The smallest absolute Gasteiger partial charge is 0.326 e. The van der Waals surface area contributed by atoms with Crippen LogP contribution in [-0.2, 0) is 27.3 Å². The Bertz CT molecular complexity index is 581. The fraction of sp³-hybridized carbons (Fsp3) is 0.312. The molecular formula is C16H20N2O4. The summed E-state index contributed by atoms with van der Waals surface area (Å²) in [5.41, 5.74) is 1.82. The number of carboxylic acid groups (broad SMARTS) is 1. The van der Waals surface area contributed by atoms with Gasteiger partial charge < -0.3 is 15.7 Å². The number of allylic oxidation sites excluding steroid dienone is 1. The molecule has 118 valence electrons. The van der Waals surface area contributed by atoms with Crippen LogP contribution in [0, 0.1) is 0 Å². The SMILES string of the molecule is CNCc1ccccc1C[C@H](NC(=O)/C=C/C(C)=O)C(=O)O. The lowest BCUT2D eigenvalue weighted by Crippen LogP contribution is -2.41. The number of hydrogen-bond donors (Lipinski definition) is 3. The fourth-order valence-electron chi connectivity index (χ4n) is 1.95. The van der Waals surface area contributed by atoms with Gasteiger partial charge in [0, 0.05) is 19.0 Å². The minimum atomic E-state index is -1.12. The fourth-order valence-corrected chi connectivity index (χ4v) is 1.95. The van der Waals surface area contributed by atoms with Crippen LogP contribution in [0.5, 0.6) is 0 Å². The number of aliphatic carboxylic acids is 1. The molecule has 0 fully saturated rings. The first-order chi connectivity index (χ1) is 10.4. The van der Waals surface area contributed by atoms with Gasteiger partial charge in [-0.05, 0) is 31.2 Å². The Morgan fingerprint density at radius 1 is 1.18 bits per heavy atom. The molecule has 6 heteroatoms. The first-order valence-electron chi connectivity index (χ1n) is 6.87. The molecule has 0 heterocycles. The number of hydrogen-bond acceptors (Lipinski definition) is 4. The van der Waals surface area contributed by atoms with Crippen molar-refractivity contribution in [1.29, 1.82) is 0 Å². The number of carboxylic acids is 1. The van der Waals surface area contributed by atoms with Gasteiger partial charge in [-0.25, -0.2) is 4.79 Å². The number of nitrogens with one attached hydrogen (secondary N) is 2. The number of carbonyl (C=O) groups is 3. The second kappa shape index (κ2) is 8.74. The van der Waals surface area contributed by atoms with Gasteiger partial charge in [0.1, 0.15) is 6.04 Å². The summed E-state index contributed by atoms with van der Waals surface area (Å²) in [6.45, 7) is 1.92. The highest BCUT2D eigenvalue weighted by Gasteiger charge is 2.20. The third-order valence-corrected chi connectivity index (χ3v) is 2.99. The molecule has 0 aromatic heterocycles. The maximum absolute atomic E-state index is 11.6. The van der Waals surface area contributed by atoms with Crippen molar-refractivity contribution in [2.45, 2.75) is 25.9 Å². The summed E-state index contributed by atoms with van der Waals surface area (Å²) in [5, 5.41) is 14.7. The van der Waals surface area contributed by atoms with Crippen molar-refractivity contribution in [3.63, 3.8) is 0 Å². The number of amides is 1. The molecule has 3 N–H and O–H groups in total. The van der Waals surface area contributed by atoms with E-state index in [0.29, 0.717) is 6.54 Å². The van der Waals surface area contributed by atoms with Crippen LogP contribution in [0.25, 0.3) is 0 Å².